The number of ether oxygens (including phenoxy) is 1. The number of carbonyl (C=O) groups is 1. The number of carbonyl (C=O) groups excluding carboxylic acids is 1. The summed E-state index contributed by atoms with van der Waals surface area (Å²) in [6.45, 7) is 0.589. The summed E-state index contributed by atoms with van der Waals surface area (Å²) in [7, 11) is 1.64. The van der Waals surface area contributed by atoms with Crippen LogP contribution in [-0.4, -0.2) is 19.6 Å². The van der Waals surface area contributed by atoms with E-state index in [4.69, 9.17) is 4.74 Å². The van der Waals surface area contributed by atoms with Crippen molar-refractivity contribution in [1.82, 2.24) is 5.32 Å². The number of amides is 1. The van der Waals surface area contributed by atoms with E-state index in [9.17, 15) is 9.18 Å². The molecular formula is C19H20FNO2. The number of benzene rings is 2. The van der Waals surface area contributed by atoms with Crippen molar-refractivity contribution in [2.45, 2.75) is 18.8 Å². The van der Waals surface area contributed by atoms with Crippen molar-refractivity contribution < 1.29 is 13.9 Å². The molecule has 0 heterocycles. The molecule has 2 unspecified atom stereocenters. The molecule has 0 saturated heterocycles. The van der Waals surface area contributed by atoms with Crippen LogP contribution in [0.3, 0.4) is 0 Å². The van der Waals surface area contributed by atoms with E-state index < -0.39 is 0 Å². The maximum Gasteiger partial charge on any atom is 0.223 e. The van der Waals surface area contributed by atoms with Crippen LogP contribution in [-0.2, 0) is 11.2 Å². The third-order valence-electron chi connectivity index (χ3n) is 4.30. The van der Waals surface area contributed by atoms with E-state index in [0.717, 1.165) is 24.2 Å². The maximum atomic E-state index is 13.7. The molecule has 2 atom stereocenters. The normalized spacial score (nSPS) is 19.2. The highest BCUT2D eigenvalue weighted by Crippen LogP contribution is 2.48. The molecule has 2 aromatic rings. The van der Waals surface area contributed by atoms with E-state index in [1.165, 1.54) is 6.07 Å². The molecule has 2 aromatic carbocycles. The molecular weight excluding hydrogens is 293 g/mol. The van der Waals surface area contributed by atoms with E-state index in [0.29, 0.717) is 12.1 Å². The highest BCUT2D eigenvalue weighted by atomic mass is 19.1. The summed E-state index contributed by atoms with van der Waals surface area (Å²) in [5.74, 6) is 0.557. The van der Waals surface area contributed by atoms with Crippen LogP contribution in [0.5, 0.6) is 5.75 Å². The average molecular weight is 313 g/mol. The van der Waals surface area contributed by atoms with Gasteiger partial charge in [0, 0.05) is 12.5 Å². The van der Waals surface area contributed by atoms with Crippen molar-refractivity contribution in [2.75, 3.05) is 13.7 Å². The predicted octanol–water partition coefficient (Wildman–Crippen LogP) is 3.30. The first-order valence-corrected chi connectivity index (χ1v) is 7.84. The van der Waals surface area contributed by atoms with E-state index in [1.807, 2.05) is 30.3 Å². The smallest absolute Gasteiger partial charge is 0.223 e. The van der Waals surface area contributed by atoms with E-state index in [1.54, 1.807) is 19.2 Å². The minimum atomic E-state index is -0.217. The Hall–Kier alpha value is -2.36. The maximum absolute atomic E-state index is 13.7. The second kappa shape index (κ2) is 6.82. The third-order valence-corrected chi connectivity index (χ3v) is 4.30. The first-order chi connectivity index (χ1) is 11.2. The largest absolute Gasteiger partial charge is 0.497 e. The molecule has 1 aliphatic carbocycles. The second-order valence-electron chi connectivity index (χ2n) is 5.86. The van der Waals surface area contributed by atoms with Gasteiger partial charge in [-0.3, -0.25) is 4.79 Å². The van der Waals surface area contributed by atoms with Crippen molar-refractivity contribution in [3.8, 4) is 5.75 Å². The third kappa shape index (κ3) is 3.70. The topological polar surface area (TPSA) is 38.3 Å². The Bertz CT molecular complexity index is 684. The van der Waals surface area contributed by atoms with Gasteiger partial charge in [-0.1, -0.05) is 30.3 Å². The first kappa shape index (κ1) is 15.5. The van der Waals surface area contributed by atoms with Gasteiger partial charge in [-0.15, -0.1) is 0 Å². The van der Waals surface area contributed by atoms with Crippen LogP contribution in [0.25, 0.3) is 0 Å². The van der Waals surface area contributed by atoms with Crippen molar-refractivity contribution in [1.29, 1.82) is 0 Å². The van der Waals surface area contributed by atoms with Crippen LogP contribution in [0.1, 0.15) is 23.5 Å². The second-order valence-corrected chi connectivity index (χ2v) is 5.86. The zero-order valence-corrected chi connectivity index (χ0v) is 13.1. The first-order valence-electron chi connectivity index (χ1n) is 7.84. The molecule has 0 bridgehead atoms. The summed E-state index contributed by atoms with van der Waals surface area (Å²) < 4.78 is 18.8. The fourth-order valence-corrected chi connectivity index (χ4v) is 2.86. The Morgan fingerprint density at radius 2 is 1.96 bits per heavy atom. The van der Waals surface area contributed by atoms with E-state index in [-0.39, 0.29) is 23.6 Å². The summed E-state index contributed by atoms with van der Waals surface area (Å²) in [5, 5.41) is 2.95. The lowest BCUT2D eigenvalue weighted by Crippen LogP contribution is -2.27. The SMILES string of the molecule is COc1ccc(CCNC(=O)C2CC2c2ccccc2F)cc1. The lowest BCUT2D eigenvalue weighted by molar-refractivity contribution is -0.122. The van der Waals surface area contributed by atoms with Crippen LogP contribution in [0.4, 0.5) is 4.39 Å². The van der Waals surface area contributed by atoms with Gasteiger partial charge in [0.15, 0.2) is 0 Å². The van der Waals surface area contributed by atoms with Gasteiger partial charge in [-0.2, -0.15) is 0 Å². The number of rotatable bonds is 6. The molecule has 1 saturated carbocycles. The lowest BCUT2D eigenvalue weighted by atomic mass is 10.1. The number of hydrogen-bond donors (Lipinski definition) is 1. The molecule has 0 aromatic heterocycles. The minimum absolute atomic E-state index is 0.0202. The highest BCUT2D eigenvalue weighted by molar-refractivity contribution is 5.82. The van der Waals surface area contributed by atoms with Crippen LogP contribution in [0.2, 0.25) is 0 Å². The molecule has 0 radical (unpaired) electrons. The molecule has 3 rings (SSSR count). The van der Waals surface area contributed by atoms with Gasteiger partial charge in [0.1, 0.15) is 11.6 Å². The zero-order valence-electron chi connectivity index (χ0n) is 13.1. The highest BCUT2D eigenvalue weighted by Gasteiger charge is 2.44. The molecule has 1 aliphatic rings. The molecule has 23 heavy (non-hydrogen) atoms. The van der Waals surface area contributed by atoms with E-state index >= 15 is 0 Å². The van der Waals surface area contributed by atoms with Gasteiger partial charge < -0.3 is 10.1 Å². The van der Waals surface area contributed by atoms with Gasteiger partial charge in [0.05, 0.1) is 7.11 Å². The predicted molar refractivity (Wildman–Crippen MR) is 87.0 cm³/mol. The molecule has 120 valence electrons. The minimum Gasteiger partial charge on any atom is -0.497 e. The van der Waals surface area contributed by atoms with Crippen molar-refractivity contribution in [2.24, 2.45) is 5.92 Å². The summed E-state index contributed by atoms with van der Waals surface area (Å²) in [4.78, 5) is 12.1. The van der Waals surface area contributed by atoms with Crippen LogP contribution in [0, 0.1) is 11.7 Å². The average Bonchev–Trinajstić information content (AvgIpc) is 3.36. The van der Waals surface area contributed by atoms with Crippen LogP contribution >= 0.6 is 0 Å². The van der Waals surface area contributed by atoms with Gasteiger partial charge in [0.2, 0.25) is 5.91 Å². The lowest BCUT2D eigenvalue weighted by Gasteiger charge is -2.06. The van der Waals surface area contributed by atoms with Gasteiger partial charge in [-0.05, 0) is 48.1 Å². The van der Waals surface area contributed by atoms with Gasteiger partial charge >= 0.3 is 0 Å². The van der Waals surface area contributed by atoms with Gasteiger partial charge in [-0.25, -0.2) is 4.39 Å². The standard InChI is InChI=1S/C19H20FNO2/c1-23-14-8-6-13(7-9-14)10-11-21-19(22)17-12-16(17)15-4-2-3-5-18(15)20/h2-9,16-17H,10-12H2,1H3,(H,21,22). The fourth-order valence-electron chi connectivity index (χ4n) is 2.86. The molecule has 4 heteroatoms. The number of nitrogens with one attached hydrogen (secondary N) is 1. The Morgan fingerprint density at radius 3 is 2.65 bits per heavy atom. The fraction of sp³-hybridized carbons (Fsp3) is 0.316. The Balaban J connectivity index is 1.46. The van der Waals surface area contributed by atoms with Crippen LogP contribution in [0.15, 0.2) is 48.5 Å². The Labute approximate surface area is 135 Å². The quantitative estimate of drug-likeness (QED) is 0.888. The van der Waals surface area contributed by atoms with Crippen molar-refractivity contribution in [3.05, 3.63) is 65.5 Å². The molecule has 0 spiro atoms. The number of halogens is 1. The summed E-state index contributed by atoms with van der Waals surface area (Å²) in [6, 6.07) is 14.5. The monoisotopic (exact) mass is 313 g/mol. The molecule has 1 amide bonds. The molecule has 0 aliphatic heterocycles. The van der Waals surface area contributed by atoms with Crippen LogP contribution < -0.4 is 10.1 Å². The molecule has 1 fully saturated rings. The Kier molecular flexibility index (Phi) is 4.60. The molecule has 3 nitrogen and oxygen atoms in total. The number of hydrogen-bond acceptors (Lipinski definition) is 2. The van der Waals surface area contributed by atoms with Crippen molar-refractivity contribution in [3.63, 3.8) is 0 Å². The van der Waals surface area contributed by atoms with Gasteiger partial charge in [0.25, 0.3) is 0 Å². The number of methoxy groups -OCH3 is 1. The molecule has 1 N–H and O–H groups in total. The Morgan fingerprint density at radius 1 is 1.22 bits per heavy atom. The zero-order chi connectivity index (χ0) is 16.2. The summed E-state index contributed by atoms with van der Waals surface area (Å²) >= 11 is 0. The van der Waals surface area contributed by atoms with Crippen molar-refractivity contribution >= 4 is 5.91 Å². The van der Waals surface area contributed by atoms with E-state index in [2.05, 4.69) is 5.32 Å². The summed E-state index contributed by atoms with van der Waals surface area (Å²) in [6.07, 6.45) is 1.50. The summed E-state index contributed by atoms with van der Waals surface area (Å²) in [5.41, 5.74) is 1.80.